The first-order chi connectivity index (χ1) is 9.38. The Bertz CT molecular complexity index is 524. The highest BCUT2D eigenvalue weighted by molar-refractivity contribution is 7.13. The largest absolute Gasteiger partial charge is 0.481 e. The fraction of sp³-hybridized carbons (Fsp3) is 0.643. The van der Waals surface area contributed by atoms with Gasteiger partial charge in [0.05, 0.1) is 16.6 Å². The topological polar surface area (TPSA) is 70.5 Å². The third-order valence-electron chi connectivity index (χ3n) is 3.42. The van der Waals surface area contributed by atoms with E-state index in [0.29, 0.717) is 30.3 Å². The van der Waals surface area contributed by atoms with Crippen molar-refractivity contribution < 1.29 is 14.7 Å². The summed E-state index contributed by atoms with van der Waals surface area (Å²) in [5.74, 6) is -0.867. The Kier molecular flexibility index (Phi) is 4.42. The van der Waals surface area contributed by atoms with Crippen LogP contribution in [0.15, 0.2) is 0 Å². The molecule has 1 aliphatic rings. The fourth-order valence-electron chi connectivity index (χ4n) is 2.45. The number of amides is 1. The van der Waals surface area contributed by atoms with E-state index in [-0.39, 0.29) is 5.91 Å². The van der Waals surface area contributed by atoms with E-state index in [1.165, 1.54) is 11.3 Å². The highest BCUT2D eigenvalue weighted by atomic mass is 32.1. The summed E-state index contributed by atoms with van der Waals surface area (Å²) < 4.78 is 0. The van der Waals surface area contributed by atoms with Crippen LogP contribution in [0.2, 0.25) is 0 Å². The molecule has 2 heterocycles. The zero-order chi connectivity index (χ0) is 14.9. The minimum Gasteiger partial charge on any atom is -0.481 e. The SMILES string of the molecule is Cc1nc(CC(C)C)c(C(=O)N2CCC(C(=O)O)C2)s1. The molecule has 1 amide bonds. The van der Waals surface area contributed by atoms with Crippen LogP contribution in [0.5, 0.6) is 0 Å². The van der Waals surface area contributed by atoms with Gasteiger partial charge in [0.1, 0.15) is 4.88 Å². The van der Waals surface area contributed by atoms with Crippen LogP contribution in [0.4, 0.5) is 0 Å². The van der Waals surface area contributed by atoms with E-state index < -0.39 is 11.9 Å². The maximum Gasteiger partial charge on any atom is 0.308 e. The number of likely N-dealkylation sites (tertiary alicyclic amines) is 1. The van der Waals surface area contributed by atoms with E-state index in [0.717, 1.165) is 17.1 Å². The van der Waals surface area contributed by atoms with Crippen molar-refractivity contribution in [3.63, 3.8) is 0 Å². The number of thiazole rings is 1. The molecule has 110 valence electrons. The summed E-state index contributed by atoms with van der Waals surface area (Å²) in [6.45, 7) is 6.92. The van der Waals surface area contributed by atoms with Gasteiger partial charge in [0, 0.05) is 13.1 Å². The van der Waals surface area contributed by atoms with Gasteiger partial charge in [0.2, 0.25) is 0 Å². The molecule has 1 atom stereocenters. The van der Waals surface area contributed by atoms with Gasteiger partial charge in [-0.05, 0) is 25.7 Å². The second kappa shape index (κ2) is 5.91. The predicted octanol–water partition coefficient (Wildman–Crippen LogP) is 2.20. The lowest BCUT2D eigenvalue weighted by Gasteiger charge is -2.15. The molecule has 1 N–H and O–H groups in total. The molecule has 0 saturated carbocycles. The summed E-state index contributed by atoms with van der Waals surface area (Å²) in [5, 5.41) is 9.90. The van der Waals surface area contributed by atoms with Crippen molar-refractivity contribution in [2.24, 2.45) is 11.8 Å². The summed E-state index contributed by atoms with van der Waals surface area (Å²) in [5.41, 5.74) is 0.853. The number of nitrogens with zero attached hydrogens (tertiary/aromatic N) is 2. The molecule has 0 spiro atoms. The lowest BCUT2D eigenvalue weighted by atomic mass is 10.1. The molecule has 1 aromatic rings. The van der Waals surface area contributed by atoms with Crippen LogP contribution in [-0.4, -0.2) is 40.0 Å². The summed E-state index contributed by atoms with van der Waals surface area (Å²) in [6, 6.07) is 0. The summed E-state index contributed by atoms with van der Waals surface area (Å²) in [6.07, 6.45) is 1.32. The van der Waals surface area contributed by atoms with Gasteiger partial charge in [0.25, 0.3) is 5.91 Å². The molecule has 1 aromatic heterocycles. The maximum atomic E-state index is 12.5. The molecule has 0 bridgehead atoms. The molecule has 0 aliphatic carbocycles. The van der Waals surface area contributed by atoms with Crippen molar-refractivity contribution in [2.75, 3.05) is 13.1 Å². The van der Waals surface area contributed by atoms with Crippen LogP contribution >= 0.6 is 11.3 Å². The number of aryl methyl sites for hydroxylation is 1. The van der Waals surface area contributed by atoms with Gasteiger partial charge in [0.15, 0.2) is 0 Å². The summed E-state index contributed by atoms with van der Waals surface area (Å²) in [7, 11) is 0. The Morgan fingerprint density at radius 1 is 1.50 bits per heavy atom. The van der Waals surface area contributed by atoms with Crippen LogP contribution in [0.3, 0.4) is 0 Å². The normalized spacial score (nSPS) is 18.8. The Morgan fingerprint density at radius 3 is 2.75 bits per heavy atom. The Hall–Kier alpha value is -1.43. The van der Waals surface area contributed by atoms with Crippen molar-refractivity contribution >= 4 is 23.2 Å². The minimum atomic E-state index is -0.816. The van der Waals surface area contributed by atoms with Crippen LogP contribution in [0.1, 0.15) is 40.6 Å². The number of hydrogen-bond acceptors (Lipinski definition) is 4. The van der Waals surface area contributed by atoms with Crippen LogP contribution in [0, 0.1) is 18.8 Å². The molecule has 2 rings (SSSR count). The number of carboxylic acids is 1. The average molecular weight is 296 g/mol. The first-order valence-corrected chi connectivity index (χ1v) is 7.68. The molecule has 5 nitrogen and oxygen atoms in total. The molecule has 1 aliphatic heterocycles. The Morgan fingerprint density at radius 2 is 2.20 bits per heavy atom. The number of rotatable bonds is 4. The first kappa shape index (κ1) is 15.0. The second-order valence-electron chi connectivity index (χ2n) is 5.68. The van der Waals surface area contributed by atoms with Crippen molar-refractivity contribution in [3.05, 3.63) is 15.6 Å². The quantitative estimate of drug-likeness (QED) is 0.924. The Labute approximate surface area is 122 Å². The van der Waals surface area contributed by atoms with Gasteiger partial charge in [-0.15, -0.1) is 11.3 Å². The highest BCUT2D eigenvalue weighted by Crippen LogP contribution is 2.25. The van der Waals surface area contributed by atoms with Crippen molar-refractivity contribution in [2.45, 2.75) is 33.6 Å². The number of carboxylic acid groups (broad SMARTS) is 1. The van der Waals surface area contributed by atoms with Crippen LogP contribution < -0.4 is 0 Å². The fourth-order valence-corrected chi connectivity index (χ4v) is 3.37. The lowest BCUT2D eigenvalue weighted by molar-refractivity contribution is -0.141. The lowest BCUT2D eigenvalue weighted by Crippen LogP contribution is -2.30. The number of carbonyl (C=O) groups excluding carboxylic acids is 1. The number of aliphatic carboxylic acids is 1. The van der Waals surface area contributed by atoms with Crippen molar-refractivity contribution in [1.82, 2.24) is 9.88 Å². The highest BCUT2D eigenvalue weighted by Gasteiger charge is 2.33. The monoisotopic (exact) mass is 296 g/mol. The van der Waals surface area contributed by atoms with Crippen molar-refractivity contribution in [3.8, 4) is 0 Å². The predicted molar refractivity (Wildman–Crippen MR) is 77.0 cm³/mol. The first-order valence-electron chi connectivity index (χ1n) is 6.87. The maximum absolute atomic E-state index is 12.5. The van der Waals surface area contributed by atoms with E-state index in [1.807, 2.05) is 6.92 Å². The zero-order valence-corrected chi connectivity index (χ0v) is 12.9. The average Bonchev–Trinajstić information content (AvgIpc) is 2.94. The number of hydrogen-bond donors (Lipinski definition) is 1. The van der Waals surface area contributed by atoms with Gasteiger partial charge >= 0.3 is 5.97 Å². The van der Waals surface area contributed by atoms with Gasteiger partial charge < -0.3 is 10.0 Å². The third-order valence-corrected chi connectivity index (χ3v) is 4.43. The number of carbonyl (C=O) groups is 2. The molecule has 0 aromatic carbocycles. The summed E-state index contributed by atoms with van der Waals surface area (Å²) >= 11 is 1.41. The van der Waals surface area contributed by atoms with E-state index in [4.69, 9.17) is 5.11 Å². The third kappa shape index (κ3) is 3.17. The molecular formula is C14H20N2O3S. The molecule has 1 saturated heterocycles. The number of aromatic nitrogens is 1. The van der Waals surface area contributed by atoms with E-state index >= 15 is 0 Å². The molecule has 0 radical (unpaired) electrons. The standard InChI is InChI=1S/C14H20N2O3S/c1-8(2)6-11-12(20-9(3)15-11)13(17)16-5-4-10(7-16)14(18)19/h8,10H,4-7H2,1-3H3,(H,18,19). The van der Waals surface area contributed by atoms with Gasteiger partial charge in [-0.25, -0.2) is 4.98 Å². The zero-order valence-electron chi connectivity index (χ0n) is 12.0. The van der Waals surface area contributed by atoms with E-state index in [9.17, 15) is 9.59 Å². The molecule has 1 fully saturated rings. The molecule has 20 heavy (non-hydrogen) atoms. The molecule has 6 heteroatoms. The van der Waals surface area contributed by atoms with Gasteiger partial charge in [-0.1, -0.05) is 13.8 Å². The summed E-state index contributed by atoms with van der Waals surface area (Å²) in [4.78, 5) is 30.3. The smallest absolute Gasteiger partial charge is 0.308 e. The van der Waals surface area contributed by atoms with Crippen molar-refractivity contribution in [1.29, 1.82) is 0 Å². The van der Waals surface area contributed by atoms with Gasteiger partial charge in [-0.2, -0.15) is 0 Å². The van der Waals surface area contributed by atoms with Crippen LogP contribution in [0.25, 0.3) is 0 Å². The van der Waals surface area contributed by atoms with E-state index in [1.54, 1.807) is 4.90 Å². The minimum absolute atomic E-state index is 0.0602. The second-order valence-corrected chi connectivity index (χ2v) is 6.88. The van der Waals surface area contributed by atoms with Crippen LogP contribution in [-0.2, 0) is 11.2 Å². The van der Waals surface area contributed by atoms with Gasteiger partial charge in [-0.3, -0.25) is 9.59 Å². The van der Waals surface area contributed by atoms with E-state index in [2.05, 4.69) is 18.8 Å². The molecule has 1 unspecified atom stereocenters. The Balaban J connectivity index is 2.15. The molecular weight excluding hydrogens is 276 g/mol.